The molecule has 0 aliphatic rings. The Labute approximate surface area is 98.3 Å². The van der Waals surface area contributed by atoms with Gasteiger partial charge in [0.15, 0.2) is 5.78 Å². The Bertz CT molecular complexity index is 338. The summed E-state index contributed by atoms with van der Waals surface area (Å²) in [5, 5.41) is 0. The number of hydrogen-bond donors (Lipinski definition) is 0. The molecule has 16 heavy (non-hydrogen) atoms. The maximum absolute atomic E-state index is 11.8. The summed E-state index contributed by atoms with van der Waals surface area (Å²) in [6.45, 7) is 7.23. The van der Waals surface area contributed by atoms with E-state index in [2.05, 4.69) is 17.0 Å². The standard InChI is InChI=1S/C14H21NO/c1-14(2,3)13(16)11-15(4)10-12-8-6-5-7-9-12/h5-9H,10-11H2,1-4H3. The fourth-order valence-corrected chi connectivity index (χ4v) is 1.43. The molecule has 0 unspecified atom stereocenters. The molecule has 1 aromatic carbocycles. The number of nitrogens with zero attached hydrogens (tertiary/aromatic N) is 1. The van der Waals surface area contributed by atoms with E-state index in [1.54, 1.807) is 0 Å². The molecule has 0 aliphatic carbocycles. The molecule has 0 radical (unpaired) electrons. The highest BCUT2D eigenvalue weighted by atomic mass is 16.1. The van der Waals surface area contributed by atoms with E-state index in [1.165, 1.54) is 5.56 Å². The van der Waals surface area contributed by atoms with Crippen LogP contribution in [0.4, 0.5) is 0 Å². The molecular weight excluding hydrogens is 198 g/mol. The first kappa shape index (κ1) is 12.9. The SMILES string of the molecule is CN(CC(=O)C(C)(C)C)Cc1ccccc1. The molecule has 0 N–H and O–H groups in total. The summed E-state index contributed by atoms with van der Waals surface area (Å²) in [6.07, 6.45) is 0. The van der Waals surface area contributed by atoms with Crippen molar-refractivity contribution in [3.8, 4) is 0 Å². The van der Waals surface area contributed by atoms with Crippen molar-refractivity contribution in [1.29, 1.82) is 0 Å². The Morgan fingerprint density at radius 1 is 1.19 bits per heavy atom. The van der Waals surface area contributed by atoms with Crippen LogP contribution in [-0.2, 0) is 11.3 Å². The lowest BCUT2D eigenvalue weighted by atomic mass is 9.90. The van der Waals surface area contributed by atoms with Crippen molar-refractivity contribution in [3.63, 3.8) is 0 Å². The van der Waals surface area contributed by atoms with Crippen LogP contribution in [0.1, 0.15) is 26.3 Å². The van der Waals surface area contributed by atoms with Gasteiger partial charge in [-0.15, -0.1) is 0 Å². The van der Waals surface area contributed by atoms with Crippen molar-refractivity contribution in [3.05, 3.63) is 35.9 Å². The zero-order valence-corrected chi connectivity index (χ0v) is 10.7. The molecule has 0 aromatic heterocycles. The van der Waals surface area contributed by atoms with E-state index < -0.39 is 0 Å². The quantitative estimate of drug-likeness (QED) is 0.776. The molecule has 2 nitrogen and oxygen atoms in total. The predicted octanol–water partition coefficient (Wildman–Crippen LogP) is 2.73. The molecular formula is C14H21NO. The highest BCUT2D eigenvalue weighted by molar-refractivity contribution is 5.85. The van der Waals surface area contributed by atoms with Crippen LogP contribution in [0.25, 0.3) is 0 Å². The third-order valence-electron chi connectivity index (χ3n) is 2.55. The van der Waals surface area contributed by atoms with Gasteiger partial charge in [-0.2, -0.15) is 0 Å². The van der Waals surface area contributed by atoms with Crippen molar-refractivity contribution >= 4 is 5.78 Å². The first-order valence-electron chi connectivity index (χ1n) is 5.65. The molecule has 1 aromatic rings. The molecule has 0 atom stereocenters. The van der Waals surface area contributed by atoms with E-state index in [0.717, 1.165) is 6.54 Å². The average molecular weight is 219 g/mol. The Morgan fingerprint density at radius 3 is 2.25 bits per heavy atom. The Kier molecular flexibility index (Phi) is 4.25. The summed E-state index contributed by atoms with van der Waals surface area (Å²) >= 11 is 0. The van der Waals surface area contributed by atoms with Crippen LogP contribution in [0.3, 0.4) is 0 Å². The maximum atomic E-state index is 11.8. The third-order valence-corrected chi connectivity index (χ3v) is 2.55. The van der Waals surface area contributed by atoms with Crippen molar-refractivity contribution < 1.29 is 4.79 Å². The molecule has 0 saturated heterocycles. The van der Waals surface area contributed by atoms with Gasteiger partial charge in [0.1, 0.15) is 0 Å². The van der Waals surface area contributed by atoms with Crippen LogP contribution < -0.4 is 0 Å². The van der Waals surface area contributed by atoms with Gasteiger partial charge in [-0.25, -0.2) is 0 Å². The smallest absolute Gasteiger partial charge is 0.152 e. The fourth-order valence-electron chi connectivity index (χ4n) is 1.43. The molecule has 0 heterocycles. The van der Waals surface area contributed by atoms with Gasteiger partial charge in [-0.1, -0.05) is 51.1 Å². The molecule has 0 saturated carbocycles. The van der Waals surface area contributed by atoms with Gasteiger partial charge >= 0.3 is 0 Å². The van der Waals surface area contributed by atoms with Crippen LogP contribution >= 0.6 is 0 Å². The van der Waals surface area contributed by atoms with Crippen molar-refractivity contribution in [2.24, 2.45) is 5.41 Å². The monoisotopic (exact) mass is 219 g/mol. The van der Waals surface area contributed by atoms with Crippen molar-refractivity contribution in [2.45, 2.75) is 27.3 Å². The first-order valence-corrected chi connectivity index (χ1v) is 5.65. The predicted molar refractivity (Wildman–Crippen MR) is 67.2 cm³/mol. The zero-order chi connectivity index (χ0) is 12.2. The summed E-state index contributed by atoms with van der Waals surface area (Å²) < 4.78 is 0. The lowest BCUT2D eigenvalue weighted by molar-refractivity contribution is -0.127. The highest BCUT2D eigenvalue weighted by Crippen LogP contribution is 2.15. The summed E-state index contributed by atoms with van der Waals surface area (Å²) in [5.74, 6) is 0.283. The van der Waals surface area contributed by atoms with E-state index in [9.17, 15) is 4.79 Å². The topological polar surface area (TPSA) is 20.3 Å². The number of hydrogen-bond acceptors (Lipinski definition) is 2. The van der Waals surface area contributed by atoms with E-state index in [-0.39, 0.29) is 11.2 Å². The molecule has 0 bridgehead atoms. The van der Waals surface area contributed by atoms with Crippen LogP contribution in [0.15, 0.2) is 30.3 Å². The number of likely N-dealkylation sites (N-methyl/N-ethyl adjacent to an activating group) is 1. The summed E-state index contributed by atoms with van der Waals surface area (Å²) in [5.41, 5.74) is 0.997. The number of carbonyl (C=O) groups is 1. The molecule has 0 fully saturated rings. The van der Waals surface area contributed by atoms with Gasteiger partial charge in [0.05, 0.1) is 6.54 Å². The fraction of sp³-hybridized carbons (Fsp3) is 0.500. The molecule has 2 heteroatoms. The number of benzene rings is 1. The average Bonchev–Trinajstić information content (AvgIpc) is 2.17. The van der Waals surface area contributed by atoms with E-state index in [1.807, 2.05) is 46.0 Å². The largest absolute Gasteiger partial charge is 0.298 e. The Balaban J connectivity index is 2.49. The van der Waals surface area contributed by atoms with Gasteiger partial charge in [0.2, 0.25) is 0 Å². The minimum Gasteiger partial charge on any atom is -0.298 e. The van der Waals surface area contributed by atoms with Crippen molar-refractivity contribution in [1.82, 2.24) is 4.90 Å². The Morgan fingerprint density at radius 2 is 1.75 bits per heavy atom. The van der Waals surface area contributed by atoms with Gasteiger partial charge in [0.25, 0.3) is 0 Å². The molecule has 0 amide bonds. The van der Waals surface area contributed by atoms with Gasteiger partial charge < -0.3 is 0 Å². The van der Waals surface area contributed by atoms with E-state index in [0.29, 0.717) is 6.54 Å². The minimum atomic E-state index is -0.245. The molecule has 1 rings (SSSR count). The van der Waals surface area contributed by atoms with Crippen molar-refractivity contribution in [2.75, 3.05) is 13.6 Å². The summed E-state index contributed by atoms with van der Waals surface area (Å²) in [6, 6.07) is 10.2. The minimum absolute atomic E-state index is 0.245. The lowest BCUT2D eigenvalue weighted by Gasteiger charge is -2.22. The Hall–Kier alpha value is -1.15. The number of rotatable bonds is 4. The second-order valence-electron chi connectivity index (χ2n) is 5.33. The first-order chi connectivity index (χ1) is 7.39. The van der Waals surface area contributed by atoms with Gasteiger partial charge in [-0.3, -0.25) is 9.69 Å². The highest BCUT2D eigenvalue weighted by Gasteiger charge is 2.22. The summed E-state index contributed by atoms with van der Waals surface area (Å²) in [7, 11) is 1.98. The second kappa shape index (κ2) is 5.26. The number of carbonyl (C=O) groups excluding carboxylic acids is 1. The van der Waals surface area contributed by atoms with Crippen LogP contribution in [0.2, 0.25) is 0 Å². The van der Waals surface area contributed by atoms with Gasteiger partial charge in [0, 0.05) is 12.0 Å². The normalized spacial score (nSPS) is 11.8. The second-order valence-corrected chi connectivity index (χ2v) is 5.33. The third kappa shape index (κ3) is 4.15. The molecule has 0 aliphatic heterocycles. The zero-order valence-electron chi connectivity index (χ0n) is 10.7. The van der Waals surface area contributed by atoms with Crippen LogP contribution in [0.5, 0.6) is 0 Å². The van der Waals surface area contributed by atoms with Crippen LogP contribution in [0, 0.1) is 5.41 Å². The van der Waals surface area contributed by atoms with Crippen LogP contribution in [-0.4, -0.2) is 24.3 Å². The van der Waals surface area contributed by atoms with E-state index in [4.69, 9.17) is 0 Å². The number of ketones is 1. The van der Waals surface area contributed by atoms with E-state index >= 15 is 0 Å². The lowest BCUT2D eigenvalue weighted by Crippen LogP contribution is -2.33. The van der Waals surface area contributed by atoms with Gasteiger partial charge in [-0.05, 0) is 12.6 Å². The summed E-state index contributed by atoms with van der Waals surface area (Å²) in [4.78, 5) is 13.9. The maximum Gasteiger partial charge on any atom is 0.152 e. The molecule has 0 spiro atoms. The molecule has 88 valence electrons. The number of Topliss-reactive ketones (excluding diaryl/α,β-unsaturated/α-hetero) is 1.